The molecule has 1 heterocycles. The van der Waals surface area contributed by atoms with Crippen LogP contribution in [0.5, 0.6) is 0 Å². The van der Waals surface area contributed by atoms with Gasteiger partial charge in [-0.25, -0.2) is 15.0 Å². The van der Waals surface area contributed by atoms with Gasteiger partial charge in [-0.3, -0.25) is 0 Å². The van der Waals surface area contributed by atoms with E-state index in [1.165, 1.54) is 6.20 Å². The van der Waals surface area contributed by atoms with Crippen LogP contribution < -0.4 is 4.90 Å². The molecule has 0 amide bonds. The van der Waals surface area contributed by atoms with Gasteiger partial charge < -0.3 is 4.90 Å². The van der Waals surface area contributed by atoms with Crippen molar-refractivity contribution >= 4 is 12.0 Å². The minimum Gasteiger partial charge on any atom is -0.333 e. The largest absolute Gasteiger partial charge is 0.333 e. The molecule has 68 valence electrons. The molecular weight excluding hydrogens is 164 g/mol. The van der Waals surface area contributed by atoms with E-state index in [1.54, 1.807) is 18.7 Å². The van der Waals surface area contributed by atoms with Crippen molar-refractivity contribution in [1.29, 1.82) is 0 Å². The molecule has 0 aromatic carbocycles. The minimum absolute atomic E-state index is 0.762. The highest BCUT2D eigenvalue weighted by Gasteiger charge is 1.96. The average molecular weight is 176 g/mol. The molecule has 0 aliphatic carbocycles. The minimum atomic E-state index is 0.762. The predicted molar refractivity (Wildman–Crippen MR) is 53.9 cm³/mol. The maximum Gasteiger partial charge on any atom is 0.125 e. The Morgan fingerprint density at radius 1 is 1.46 bits per heavy atom. The molecule has 0 atom stereocenters. The second kappa shape index (κ2) is 4.35. The zero-order chi connectivity index (χ0) is 9.68. The van der Waals surface area contributed by atoms with E-state index in [0.717, 1.165) is 11.5 Å². The highest BCUT2D eigenvalue weighted by molar-refractivity contribution is 5.77. The molecule has 0 saturated carbocycles. The van der Waals surface area contributed by atoms with E-state index in [4.69, 9.17) is 0 Å². The fourth-order valence-electron chi connectivity index (χ4n) is 0.782. The summed E-state index contributed by atoms with van der Waals surface area (Å²) in [6, 6.07) is 0. The third-order valence-corrected chi connectivity index (χ3v) is 1.52. The normalized spacial score (nSPS) is 10.3. The molecule has 1 rings (SSSR count). The molecular formula is C9H12N4. The second-order valence-electron chi connectivity index (χ2n) is 2.55. The molecule has 0 spiro atoms. The monoisotopic (exact) mass is 176 g/mol. The standard InChI is InChI=1S/C9H12N4/c1-4-10-7-13(3)9-5-11-8(2)12-6-9/h4-7H,1H2,2-3H3/b10-7-. The summed E-state index contributed by atoms with van der Waals surface area (Å²) < 4.78 is 0. The number of aliphatic imine (C=N–C) groups is 1. The van der Waals surface area contributed by atoms with Gasteiger partial charge in [0.05, 0.1) is 24.4 Å². The molecule has 4 heteroatoms. The van der Waals surface area contributed by atoms with Gasteiger partial charge in [-0.15, -0.1) is 0 Å². The van der Waals surface area contributed by atoms with Gasteiger partial charge in [-0.05, 0) is 6.92 Å². The fourth-order valence-corrected chi connectivity index (χ4v) is 0.782. The quantitative estimate of drug-likeness (QED) is 0.516. The first kappa shape index (κ1) is 9.38. The van der Waals surface area contributed by atoms with Crippen molar-refractivity contribution in [2.45, 2.75) is 6.92 Å². The van der Waals surface area contributed by atoms with Crippen molar-refractivity contribution < 1.29 is 0 Å². The molecule has 1 aromatic heterocycles. The third-order valence-electron chi connectivity index (χ3n) is 1.52. The van der Waals surface area contributed by atoms with Gasteiger partial charge in [-0.2, -0.15) is 0 Å². The maximum absolute atomic E-state index is 4.07. The van der Waals surface area contributed by atoms with Gasteiger partial charge in [-0.1, -0.05) is 6.58 Å². The Labute approximate surface area is 77.7 Å². The van der Waals surface area contributed by atoms with Crippen LogP contribution in [0.3, 0.4) is 0 Å². The summed E-state index contributed by atoms with van der Waals surface area (Å²) in [6.07, 6.45) is 6.63. The zero-order valence-electron chi connectivity index (χ0n) is 7.81. The molecule has 0 N–H and O–H groups in total. The van der Waals surface area contributed by atoms with Crippen LogP contribution >= 0.6 is 0 Å². The van der Waals surface area contributed by atoms with E-state index in [0.29, 0.717) is 0 Å². The molecule has 0 aliphatic rings. The molecule has 4 nitrogen and oxygen atoms in total. The van der Waals surface area contributed by atoms with Gasteiger partial charge >= 0.3 is 0 Å². The number of aryl methyl sites for hydroxylation is 1. The summed E-state index contributed by atoms with van der Waals surface area (Å²) in [5.74, 6) is 0.762. The SMILES string of the molecule is C=C/N=C\N(C)c1cnc(C)nc1. The summed E-state index contributed by atoms with van der Waals surface area (Å²) >= 11 is 0. The molecule has 0 unspecified atom stereocenters. The Kier molecular flexibility index (Phi) is 3.14. The number of nitrogens with zero attached hydrogens (tertiary/aromatic N) is 4. The number of anilines is 1. The van der Waals surface area contributed by atoms with Gasteiger partial charge in [0.1, 0.15) is 5.82 Å². The lowest BCUT2D eigenvalue weighted by Gasteiger charge is -2.10. The first-order valence-corrected chi connectivity index (χ1v) is 3.89. The van der Waals surface area contributed by atoms with E-state index < -0.39 is 0 Å². The maximum atomic E-state index is 4.07. The van der Waals surface area contributed by atoms with Crippen LogP contribution in [0.2, 0.25) is 0 Å². The Balaban J connectivity index is 2.77. The lowest BCUT2D eigenvalue weighted by Crippen LogP contribution is -2.14. The van der Waals surface area contributed by atoms with E-state index in [2.05, 4.69) is 21.5 Å². The summed E-state index contributed by atoms with van der Waals surface area (Å²) in [5, 5.41) is 0. The smallest absolute Gasteiger partial charge is 0.125 e. The van der Waals surface area contributed by atoms with Gasteiger partial charge in [0.15, 0.2) is 0 Å². The predicted octanol–water partition coefficient (Wildman–Crippen LogP) is 1.39. The average Bonchev–Trinajstić information content (AvgIpc) is 2.15. The first-order valence-electron chi connectivity index (χ1n) is 3.89. The van der Waals surface area contributed by atoms with Gasteiger partial charge in [0.25, 0.3) is 0 Å². The topological polar surface area (TPSA) is 41.4 Å². The van der Waals surface area contributed by atoms with E-state index in [9.17, 15) is 0 Å². The summed E-state index contributed by atoms with van der Waals surface area (Å²) in [6.45, 7) is 5.33. The number of rotatable bonds is 3. The Morgan fingerprint density at radius 3 is 2.62 bits per heavy atom. The van der Waals surface area contributed by atoms with Crippen molar-refractivity contribution in [3.05, 3.63) is 31.0 Å². The van der Waals surface area contributed by atoms with Crippen LogP contribution in [0, 0.1) is 6.92 Å². The molecule has 0 fully saturated rings. The molecule has 1 aromatic rings. The molecule has 0 saturated heterocycles. The number of hydrogen-bond donors (Lipinski definition) is 0. The molecule has 0 bridgehead atoms. The van der Waals surface area contributed by atoms with Crippen molar-refractivity contribution in [1.82, 2.24) is 9.97 Å². The first-order chi connectivity index (χ1) is 6.24. The van der Waals surface area contributed by atoms with Crippen molar-refractivity contribution in [3.63, 3.8) is 0 Å². The summed E-state index contributed by atoms with van der Waals surface area (Å²) in [7, 11) is 1.88. The zero-order valence-corrected chi connectivity index (χ0v) is 7.81. The Hall–Kier alpha value is -1.71. The van der Waals surface area contributed by atoms with Crippen molar-refractivity contribution in [3.8, 4) is 0 Å². The van der Waals surface area contributed by atoms with Crippen molar-refractivity contribution in [2.75, 3.05) is 11.9 Å². The third kappa shape index (κ3) is 2.66. The Morgan fingerprint density at radius 2 is 2.08 bits per heavy atom. The fraction of sp³-hybridized carbons (Fsp3) is 0.222. The van der Waals surface area contributed by atoms with Crippen LogP contribution in [0.4, 0.5) is 5.69 Å². The van der Waals surface area contributed by atoms with Crippen LogP contribution in [-0.4, -0.2) is 23.4 Å². The highest BCUT2D eigenvalue weighted by atomic mass is 15.1. The molecule has 13 heavy (non-hydrogen) atoms. The summed E-state index contributed by atoms with van der Waals surface area (Å²) in [4.78, 5) is 13.8. The van der Waals surface area contributed by atoms with Gasteiger partial charge in [0, 0.05) is 13.2 Å². The molecule has 0 aliphatic heterocycles. The van der Waals surface area contributed by atoms with Crippen LogP contribution in [0.15, 0.2) is 30.2 Å². The van der Waals surface area contributed by atoms with E-state index in [1.807, 2.05) is 18.9 Å². The lowest BCUT2D eigenvalue weighted by molar-refractivity contribution is 1.04. The van der Waals surface area contributed by atoms with Crippen molar-refractivity contribution in [2.24, 2.45) is 4.99 Å². The molecule has 0 radical (unpaired) electrons. The van der Waals surface area contributed by atoms with E-state index >= 15 is 0 Å². The van der Waals surface area contributed by atoms with Crippen LogP contribution in [0.1, 0.15) is 5.82 Å². The van der Waals surface area contributed by atoms with Gasteiger partial charge in [0.2, 0.25) is 0 Å². The number of aromatic nitrogens is 2. The van der Waals surface area contributed by atoms with E-state index in [-0.39, 0.29) is 0 Å². The Bertz CT molecular complexity index is 302. The highest BCUT2D eigenvalue weighted by Crippen LogP contribution is 2.06. The number of hydrogen-bond acceptors (Lipinski definition) is 3. The summed E-state index contributed by atoms with van der Waals surface area (Å²) in [5.41, 5.74) is 0.899. The lowest BCUT2D eigenvalue weighted by atomic mass is 10.5. The second-order valence-corrected chi connectivity index (χ2v) is 2.55. The van der Waals surface area contributed by atoms with Crippen LogP contribution in [-0.2, 0) is 0 Å². The van der Waals surface area contributed by atoms with Crippen LogP contribution in [0.25, 0.3) is 0 Å².